The third kappa shape index (κ3) is 2.75. The molecule has 0 spiro atoms. The first-order valence-corrected chi connectivity index (χ1v) is 5.87. The molecule has 1 aromatic heterocycles. The first-order valence-electron chi connectivity index (χ1n) is 4.79. The molecule has 1 aromatic carbocycles. The van der Waals surface area contributed by atoms with Crippen molar-refractivity contribution in [2.75, 3.05) is 5.32 Å². The van der Waals surface area contributed by atoms with E-state index < -0.39 is 0 Å². The molecular weight excluding hydrogens is 301 g/mol. The number of hydrogen-bond acceptors (Lipinski definition) is 2. The largest absolute Gasteiger partial charge is 0.454 e. The monoisotopic (exact) mass is 313 g/mol. The Bertz CT molecular complexity index is 450. The fourth-order valence-electron chi connectivity index (χ4n) is 1.40. The normalized spacial score (nSPS) is 10.3. The summed E-state index contributed by atoms with van der Waals surface area (Å²) in [6.07, 6.45) is 0. The number of para-hydroxylation sites is 1. The predicted molar refractivity (Wildman–Crippen MR) is 69.9 cm³/mol. The molecule has 1 N–H and O–H groups in total. The summed E-state index contributed by atoms with van der Waals surface area (Å²) in [7, 11) is 0. The molecule has 0 radical (unpaired) electrons. The predicted octanol–water partition coefficient (Wildman–Crippen LogP) is 3.80. The number of hydrogen-bond donors (Lipinski definition) is 1. The Labute approximate surface area is 103 Å². The third-order valence-corrected chi connectivity index (χ3v) is 2.81. The highest BCUT2D eigenvalue weighted by Crippen LogP contribution is 2.16. The van der Waals surface area contributed by atoms with Crippen LogP contribution in [-0.4, -0.2) is 0 Å². The molecule has 2 rings (SSSR count). The van der Waals surface area contributed by atoms with E-state index in [0.717, 1.165) is 21.8 Å². The van der Waals surface area contributed by atoms with Gasteiger partial charge in [0, 0.05) is 5.69 Å². The zero-order valence-corrected chi connectivity index (χ0v) is 10.6. The van der Waals surface area contributed by atoms with E-state index in [0.29, 0.717) is 0 Å². The van der Waals surface area contributed by atoms with Crippen molar-refractivity contribution < 1.29 is 4.42 Å². The maximum absolute atomic E-state index is 5.47. The number of anilines is 1. The molecule has 2 nitrogen and oxygen atoms in total. The van der Waals surface area contributed by atoms with Crippen LogP contribution < -0.4 is 5.32 Å². The van der Waals surface area contributed by atoms with Crippen LogP contribution in [0, 0.1) is 10.7 Å². The minimum Gasteiger partial charge on any atom is -0.454 e. The van der Waals surface area contributed by atoms with Gasteiger partial charge in [-0.15, -0.1) is 0 Å². The van der Waals surface area contributed by atoms with Crippen LogP contribution in [0.5, 0.6) is 0 Å². The molecule has 3 heteroatoms. The first-order chi connectivity index (χ1) is 7.25. The first kappa shape index (κ1) is 10.5. The SMILES string of the molecule is Cc1ccccc1NCc1ccc(I)o1. The van der Waals surface area contributed by atoms with Crippen molar-refractivity contribution in [1.29, 1.82) is 0 Å². The van der Waals surface area contributed by atoms with Crippen molar-refractivity contribution in [2.45, 2.75) is 13.5 Å². The molecule has 0 aliphatic heterocycles. The fourth-order valence-corrected chi connectivity index (χ4v) is 1.86. The molecule has 0 saturated heterocycles. The van der Waals surface area contributed by atoms with Gasteiger partial charge in [-0.25, -0.2) is 0 Å². The lowest BCUT2D eigenvalue weighted by atomic mass is 10.2. The van der Waals surface area contributed by atoms with Gasteiger partial charge in [-0.3, -0.25) is 0 Å². The van der Waals surface area contributed by atoms with Gasteiger partial charge < -0.3 is 9.73 Å². The van der Waals surface area contributed by atoms with Crippen LogP contribution in [0.25, 0.3) is 0 Å². The lowest BCUT2D eigenvalue weighted by Gasteiger charge is -2.07. The van der Waals surface area contributed by atoms with Gasteiger partial charge in [0.05, 0.1) is 6.54 Å². The van der Waals surface area contributed by atoms with Gasteiger partial charge >= 0.3 is 0 Å². The summed E-state index contributed by atoms with van der Waals surface area (Å²) < 4.78 is 6.39. The molecular formula is C12H12INO. The maximum Gasteiger partial charge on any atom is 0.164 e. The van der Waals surface area contributed by atoms with Crippen LogP contribution >= 0.6 is 22.6 Å². The second-order valence-corrected chi connectivity index (χ2v) is 4.44. The Morgan fingerprint density at radius 2 is 2.00 bits per heavy atom. The summed E-state index contributed by atoms with van der Waals surface area (Å²) in [6.45, 7) is 2.82. The fraction of sp³-hybridized carbons (Fsp3) is 0.167. The quantitative estimate of drug-likeness (QED) is 0.872. The second-order valence-electron chi connectivity index (χ2n) is 3.37. The lowest BCUT2D eigenvalue weighted by Crippen LogP contribution is -1.99. The van der Waals surface area contributed by atoms with Crippen molar-refractivity contribution in [1.82, 2.24) is 0 Å². The molecule has 0 amide bonds. The van der Waals surface area contributed by atoms with E-state index in [4.69, 9.17) is 4.42 Å². The summed E-state index contributed by atoms with van der Waals surface area (Å²) >= 11 is 2.17. The van der Waals surface area contributed by atoms with E-state index in [1.807, 2.05) is 24.3 Å². The number of furan rings is 1. The van der Waals surface area contributed by atoms with Crippen molar-refractivity contribution in [2.24, 2.45) is 0 Å². The molecule has 1 heterocycles. The number of benzene rings is 1. The van der Waals surface area contributed by atoms with Crippen LogP contribution in [0.2, 0.25) is 0 Å². The van der Waals surface area contributed by atoms with Crippen LogP contribution in [0.3, 0.4) is 0 Å². The van der Waals surface area contributed by atoms with Gasteiger partial charge in [0.2, 0.25) is 0 Å². The smallest absolute Gasteiger partial charge is 0.164 e. The average molecular weight is 313 g/mol. The van der Waals surface area contributed by atoms with Gasteiger partial charge in [0.1, 0.15) is 5.76 Å². The van der Waals surface area contributed by atoms with E-state index in [2.05, 4.69) is 47.0 Å². The minimum absolute atomic E-state index is 0.730. The Morgan fingerprint density at radius 1 is 1.20 bits per heavy atom. The van der Waals surface area contributed by atoms with Crippen molar-refractivity contribution in [3.8, 4) is 0 Å². The van der Waals surface area contributed by atoms with Crippen LogP contribution in [0.15, 0.2) is 40.8 Å². The van der Waals surface area contributed by atoms with E-state index in [-0.39, 0.29) is 0 Å². The third-order valence-electron chi connectivity index (χ3n) is 2.23. The average Bonchev–Trinajstić information content (AvgIpc) is 2.63. The number of nitrogens with one attached hydrogen (secondary N) is 1. The van der Waals surface area contributed by atoms with Gasteiger partial charge in [0.25, 0.3) is 0 Å². The summed E-state index contributed by atoms with van der Waals surface area (Å²) in [6, 6.07) is 12.2. The summed E-state index contributed by atoms with van der Waals surface area (Å²) in [5.41, 5.74) is 2.41. The van der Waals surface area contributed by atoms with Crippen molar-refractivity contribution >= 4 is 28.3 Å². The molecule has 0 aliphatic carbocycles. The summed E-state index contributed by atoms with van der Waals surface area (Å²) in [5, 5.41) is 3.35. The number of rotatable bonds is 3. The van der Waals surface area contributed by atoms with Gasteiger partial charge in [-0.1, -0.05) is 18.2 Å². The Kier molecular flexibility index (Phi) is 3.30. The van der Waals surface area contributed by atoms with Gasteiger partial charge in [0.15, 0.2) is 3.77 Å². The topological polar surface area (TPSA) is 25.2 Å². The molecule has 0 saturated carbocycles. The molecule has 0 fully saturated rings. The summed E-state index contributed by atoms with van der Waals surface area (Å²) in [4.78, 5) is 0. The van der Waals surface area contributed by atoms with Crippen LogP contribution in [-0.2, 0) is 6.54 Å². The molecule has 78 valence electrons. The van der Waals surface area contributed by atoms with E-state index in [1.165, 1.54) is 5.56 Å². The van der Waals surface area contributed by atoms with Gasteiger partial charge in [-0.05, 0) is 53.3 Å². The second kappa shape index (κ2) is 4.70. The maximum atomic E-state index is 5.47. The van der Waals surface area contributed by atoms with E-state index in [1.54, 1.807) is 0 Å². The molecule has 0 bridgehead atoms. The van der Waals surface area contributed by atoms with Crippen LogP contribution in [0.4, 0.5) is 5.69 Å². The van der Waals surface area contributed by atoms with Crippen molar-refractivity contribution in [3.05, 3.63) is 51.5 Å². The number of aryl methyl sites for hydroxylation is 1. The Balaban J connectivity index is 2.02. The molecule has 0 aliphatic rings. The zero-order chi connectivity index (χ0) is 10.7. The Hall–Kier alpha value is -0.970. The number of halogens is 1. The Morgan fingerprint density at radius 3 is 2.67 bits per heavy atom. The van der Waals surface area contributed by atoms with E-state index in [9.17, 15) is 0 Å². The minimum atomic E-state index is 0.730. The molecule has 0 atom stereocenters. The molecule has 15 heavy (non-hydrogen) atoms. The summed E-state index contributed by atoms with van der Waals surface area (Å²) in [5.74, 6) is 0.961. The highest BCUT2D eigenvalue weighted by Gasteiger charge is 2.00. The zero-order valence-electron chi connectivity index (χ0n) is 8.46. The highest BCUT2D eigenvalue weighted by molar-refractivity contribution is 14.1. The lowest BCUT2D eigenvalue weighted by molar-refractivity contribution is 0.493. The van der Waals surface area contributed by atoms with Crippen LogP contribution in [0.1, 0.15) is 11.3 Å². The van der Waals surface area contributed by atoms with E-state index >= 15 is 0 Å². The molecule has 0 unspecified atom stereocenters. The standard InChI is InChI=1S/C12H12INO/c1-9-4-2-3-5-11(9)14-8-10-6-7-12(13)15-10/h2-7,14H,8H2,1H3. The van der Waals surface area contributed by atoms with Crippen molar-refractivity contribution in [3.63, 3.8) is 0 Å². The van der Waals surface area contributed by atoms with Gasteiger partial charge in [-0.2, -0.15) is 0 Å². The molecule has 2 aromatic rings. The highest BCUT2D eigenvalue weighted by atomic mass is 127.